The fourth-order valence-corrected chi connectivity index (χ4v) is 2.17. The van der Waals surface area contributed by atoms with Gasteiger partial charge in [0.2, 0.25) is 0 Å². The van der Waals surface area contributed by atoms with Crippen LogP contribution >= 0.6 is 0 Å². The van der Waals surface area contributed by atoms with Crippen LogP contribution in [-0.2, 0) is 21.5 Å². The van der Waals surface area contributed by atoms with Gasteiger partial charge in [0.1, 0.15) is 30.2 Å². The predicted molar refractivity (Wildman–Crippen MR) is 67.8 cm³/mol. The fourth-order valence-electron chi connectivity index (χ4n) is 2.17. The van der Waals surface area contributed by atoms with Crippen LogP contribution < -0.4 is 11.9 Å². The van der Waals surface area contributed by atoms with Crippen molar-refractivity contribution in [3.05, 3.63) is 12.7 Å². The van der Waals surface area contributed by atoms with Gasteiger partial charge in [0.05, 0.1) is 12.9 Å². The van der Waals surface area contributed by atoms with E-state index in [1.54, 1.807) is 0 Å². The summed E-state index contributed by atoms with van der Waals surface area (Å²) in [5.74, 6) is 0.218. The average Bonchev–Trinajstić information content (AvgIpc) is 2.94. The van der Waals surface area contributed by atoms with E-state index < -0.39 is 31.1 Å². The number of aliphatic hydroxyl groups excluding tert-OH is 3. The first kappa shape index (κ1) is 17.7. The van der Waals surface area contributed by atoms with Gasteiger partial charge >= 0.3 is 0 Å². The van der Waals surface area contributed by atoms with Gasteiger partial charge < -0.3 is 31.9 Å². The number of rotatable bonds is 2. The number of nitrogens with two attached hydrogens (primary N) is 1. The molecule has 2 aromatic heterocycles. The van der Waals surface area contributed by atoms with Crippen LogP contribution in [0.5, 0.6) is 0 Å². The molecule has 1 aliphatic rings. The van der Waals surface area contributed by atoms with Gasteiger partial charge in [-0.25, -0.2) is 15.0 Å². The molecule has 0 amide bonds. The molecule has 0 spiro atoms. The van der Waals surface area contributed by atoms with E-state index >= 15 is 0 Å². The van der Waals surface area contributed by atoms with Gasteiger partial charge in [0, 0.05) is 16.8 Å². The molecular formula is C10H16CoN6O4. The molecule has 119 valence electrons. The largest absolute Gasteiger partial charge is 0.394 e. The number of fused-ring (bicyclic) bond motifs is 1. The number of nitrogen functional groups attached to an aromatic ring is 1. The summed E-state index contributed by atoms with van der Waals surface area (Å²) in [6.45, 7) is -0.390. The van der Waals surface area contributed by atoms with Crippen molar-refractivity contribution in [2.45, 2.75) is 24.5 Å². The summed E-state index contributed by atoms with van der Waals surface area (Å²) in [4.78, 5) is 11.9. The molecule has 0 bridgehead atoms. The zero-order valence-corrected chi connectivity index (χ0v) is 11.9. The Morgan fingerprint density at radius 1 is 1.24 bits per heavy atom. The van der Waals surface area contributed by atoms with Gasteiger partial charge in [-0.05, 0) is 0 Å². The van der Waals surface area contributed by atoms with Gasteiger partial charge in [0.25, 0.3) is 0 Å². The Kier molecular flexibility index (Phi) is 5.58. The van der Waals surface area contributed by atoms with Crippen LogP contribution in [0.15, 0.2) is 12.7 Å². The Labute approximate surface area is 129 Å². The number of ether oxygens (including phenoxy) is 1. The van der Waals surface area contributed by atoms with Crippen molar-refractivity contribution in [1.82, 2.24) is 25.7 Å². The van der Waals surface area contributed by atoms with Crippen LogP contribution in [-0.4, -0.2) is 59.8 Å². The number of anilines is 1. The summed E-state index contributed by atoms with van der Waals surface area (Å²) in [6.07, 6.45) is -1.42. The first-order chi connectivity index (χ1) is 9.13. The Balaban J connectivity index is 0.00000110. The minimum absolute atomic E-state index is 0. The Bertz CT molecular complexity index is 610. The van der Waals surface area contributed by atoms with E-state index in [0.717, 1.165) is 0 Å². The van der Waals surface area contributed by atoms with Gasteiger partial charge in [-0.1, -0.05) is 0 Å². The standard InChI is InChI=1S/C10H13N5O4.Co.H3N/c11-8-5-9(13-2-12-8)15(3-14-5)10-7(18)6(17)4(1-16)19-10;;/h2-4,6-7,10,16-18H,1H2,(H2,11,12,13);;1H3/t4-,6-,7-,10-;;/m1../s1. The van der Waals surface area contributed by atoms with Crippen molar-refractivity contribution in [1.29, 1.82) is 0 Å². The molecule has 8 N–H and O–H groups in total. The summed E-state index contributed by atoms with van der Waals surface area (Å²) in [7, 11) is 0. The predicted octanol–water partition coefficient (Wildman–Crippen LogP) is -1.82. The van der Waals surface area contributed by atoms with E-state index in [-0.39, 0.29) is 28.7 Å². The van der Waals surface area contributed by atoms with Crippen molar-refractivity contribution in [2.24, 2.45) is 0 Å². The van der Waals surface area contributed by atoms with Crippen LogP contribution in [0.2, 0.25) is 0 Å². The van der Waals surface area contributed by atoms with E-state index in [1.807, 2.05) is 0 Å². The third-order valence-corrected chi connectivity index (χ3v) is 3.18. The van der Waals surface area contributed by atoms with Crippen molar-refractivity contribution in [3.8, 4) is 0 Å². The van der Waals surface area contributed by atoms with Crippen LogP contribution in [0.4, 0.5) is 5.82 Å². The summed E-state index contributed by atoms with van der Waals surface area (Å²) >= 11 is 0. The van der Waals surface area contributed by atoms with Crippen molar-refractivity contribution >= 4 is 17.0 Å². The fraction of sp³-hybridized carbons (Fsp3) is 0.500. The van der Waals surface area contributed by atoms with Crippen LogP contribution in [0.25, 0.3) is 11.2 Å². The van der Waals surface area contributed by atoms with Crippen molar-refractivity contribution in [3.63, 3.8) is 0 Å². The zero-order valence-electron chi connectivity index (χ0n) is 10.8. The third-order valence-electron chi connectivity index (χ3n) is 3.18. The molecule has 4 atom stereocenters. The van der Waals surface area contributed by atoms with Gasteiger partial charge in [-0.3, -0.25) is 4.57 Å². The van der Waals surface area contributed by atoms with E-state index in [4.69, 9.17) is 15.6 Å². The smallest absolute Gasteiger partial charge is 0.167 e. The SMILES string of the molecule is N.Nc1ncnc2c1ncn2[C@@H]1O[C@H](CO)[C@@H](O)[C@H]1O.[Co]. The Hall–Kier alpha value is -1.34. The molecule has 1 radical (unpaired) electrons. The molecular weight excluding hydrogens is 327 g/mol. The van der Waals surface area contributed by atoms with Crippen LogP contribution in [0, 0.1) is 0 Å². The number of nitrogens with zero attached hydrogens (tertiary/aromatic N) is 4. The topological polar surface area (TPSA) is 175 Å². The normalized spacial score (nSPS) is 28.1. The number of imidazole rings is 1. The number of aromatic nitrogens is 4. The first-order valence-electron chi connectivity index (χ1n) is 5.69. The molecule has 3 rings (SSSR count). The van der Waals surface area contributed by atoms with Gasteiger partial charge in [-0.15, -0.1) is 0 Å². The molecule has 3 heterocycles. The molecule has 0 saturated carbocycles. The summed E-state index contributed by atoms with van der Waals surface area (Å²) in [5.41, 5.74) is 6.44. The van der Waals surface area contributed by atoms with Crippen LogP contribution in [0.3, 0.4) is 0 Å². The molecule has 1 aliphatic heterocycles. The molecule has 10 nitrogen and oxygen atoms in total. The van der Waals surface area contributed by atoms with Gasteiger partial charge in [-0.2, -0.15) is 0 Å². The minimum Gasteiger partial charge on any atom is -0.394 e. The Morgan fingerprint density at radius 3 is 2.57 bits per heavy atom. The average molecular weight is 343 g/mol. The number of hydrogen-bond donors (Lipinski definition) is 5. The van der Waals surface area contributed by atoms with E-state index in [2.05, 4.69) is 15.0 Å². The molecule has 0 aromatic carbocycles. The third kappa shape index (κ3) is 2.72. The Morgan fingerprint density at radius 2 is 1.95 bits per heavy atom. The maximum Gasteiger partial charge on any atom is 0.167 e. The molecule has 11 heteroatoms. The maximum absolute atomic E-state index is 9.95. The zero-order chi connectivity index (χ0) is 13.6. The van der Waals surface area contributed by atoms with Gasteiger partial charge in [0.15, 0.2) is 17.7 Å². The second-order valence-corrected chi connectivity index (χ2v) is 4.31. The molecule has 21 heavy (non-hydrogen) atoms. The first-order valence-corrected chi connectivity index (χ1v) is 5.69. The van der Waals surface area contributed by atoms with Crippen LogP contribution in [0.1, 0.15) is 6.23 Å². The molecule has 0 aliphatic carbocycles. The summed E-state index contributed by atoms with van der Waals surface area (Å²) in [5, 5.41) is 28.7. The maximum atomic E-state index is 9.95. The number of hydrogen-bond acceptors (Lipinski definition) is 9. The van der Waals surface area contributed by atoms with E-state index in [0.29, 0.717) is 11.2 Å². The van der Waals surface area contributed by atoms with E-state index in [1.165, 1.54) is 17.2 Å². The second-order valence-electron chi connectivity index (χ2n) is 4.31. The minimum atomic E-state index is -1.19. The quantitative estimate of drug-likeness (QED) is 0.420. The molecule has 1 fully saturated rings. The van der Waals surface area contributed by atoms with E-state index in [9.17, 15) is 10.2 Å². The molecule has 0 unspecified atom stereocenters. The molecule has 2 aromatic rings. The monoisotopic (exact) mass is 343 g/mol. The summed E-state index contributed by atoms with van der Waals surface area (Å²) < 4.78 is 6.85. The number of aliphatic hydroxyl groups is 3. The summed E-state index contributed by atoms with van der Waals surface area (Å²) in [6, 6.07) is 0. The van der Waals surface area contributed by atoms with Crippen molar-refractivity contribution < 1.29 is 36.8 Å². The second kappa shape index (κ2) is 6.61. The van der Waals surface area contributed by atoms with Crippen molar-refractivity contribution in [2.75, 3.05) is 12.3 Å². The molecule has 1 saturated heterocycles.